The summed E-state index contributed by atoms with van der Waals surface area (Å²) in [6.07, 6.45) is 4.73. The van der Waals surface area contributed by atoms with Crippen molar-refractivity contribution in [3.05, 3.63) is 41.5 Å². The van der Waals surface area contributed by atoms with Gasteiger partial charge in [0.25, 0.3) is 0 Å². The molecule has 20 heavy (non-hydrogen) atoms. The van der Waals surface area contributed by atoms with Crippen LogP contribution in [-0.2, 0) is 20.0 Å². The highest BCUT2D eigenvalue weighted by atomic mass is 16.5. The molecule has 5 heteroatoms. The second kappa shape index (κ2) is 7.05. The average molecular weight is 274 g/mol. The Morgan fingerprint density at radius 1 is 1.35 bits per heavy atom. The minimum absolute atomic E-state index is 0.634. The number of hydrogen-bond donors (Lipinski definition) is 1. The van der Waals surface area contributed by atoms with Crippen LogP contribution >= 0.6 is 0 Å². The first kappa shape index (κ1) is 14.5. The van der Waals surface area contributed by atoms with E-state index in [0.29, 0.717) is 6.61 Å². The van der Waals surface area contributed by atoms with E-state index in [-0.39, 0.29) is 0 Å². The van der Waals surface area contributed by atoms with Gasteiger partial charge in [0.1, 0.15) is 5.75 Å². The Labute approximate surface area is 120 Å². The zero-order valence-electron chi connectivity index (χ0n) is 12.4. The summed E-state index contributed by atoms with van der Waals surface area (Å²) >= 11 is 0. The van der Waals surface area contributed by atoms with Crippen molar-refractivity contribution in [3.63, 3.8) is 0 Å². The highest BCUT2D eigenvalue weighted by Gasteiger charge is 2.06. The van der Waals surface area contributed by atoms with Gasteiger partial charge in [-0.15, -0.1) is 0 Å². The highest BCUT2D eigenvalue weighted by molar-refractivity contribution is 5.29. The molecule has 2 rings (SSSR count). The molecule has 0 fully saturated rings. The quantitative estimate of drug-likeness (QED) is 0.837. The van der Waals surface area contributed by atoms with Crippen LogP contribution in [0.25, 0.3) is 0 Å². The molecular weight excluding hydrogens is 252 g/mol. The molecule has 5 nitrogen and oxygen atoms in total. The zero-order chi connectivity index (χ0) is 14.4. The molecule has 0 aliphatic heterocycles. The van der Waals surface area contributed by atoms with Gasteiger partial charge < -0.3 is 10.1 Å². The zero-order valence-corrected chi connectivity index (χ0v) is 12.4. The van der Waals surface area contributed by atoms with Crippen molar-refractivity contribution >= 4 is 0 Å². The van der Waals surface area contributed by atoms with Gasteiger partial charge in [-0.05, 0) is 31.2 Å². The smallest absolute Gasteiger partial charge is 0.142 e. The van der Waals surface area contributed by atoms with Crippen LogP contribution in [0.15, 0.2) is 24.5 Å². The number of hydrogen-bond acceptors (Lipinski definition) is 4. The molecule has 2 heterocycles. The van der Waals surface area contributed by atoms with Crippen molar-refractivity contribution in [3.8, 4) is 5.75 Å². The lowest BCUT2D eigenvalue weighted by atomic mass is 10.2. The summed E-state index contributed by atoms with van der Waals surface area (Å²) in [5, 5.41) is 7.44. The van der Waals surface area contributed by atoms with Crippen molar-refractivity contribution < 1.29 is 4.74 Å². The van der Waals surface area contributed by atoms with E-state index in [1.54, 1.807) is 4.68 Å². The number of pyridine rings is 1. The lowest BCUT2D eigenvalue weighted by Crippen LogP contribution is -2.15. The second-order valence-corrected chi connectivity index (χ2v) is 4.80. The summed E-state index contributed by atoms with van der Waals surface area (Å²) in [6.45, 7) is 6.37. The summed E-state index contributed by atoms with van der Waals surface area (Å²) in [4.78, 5) is 4.54. The summed E-state index contributed by atoms with van der Waals surface area (Å²) in [5.41, 5.74) is 3.16. The van der Waals surface area contributed by atoms with Gasteiger partial charge in [0.15, 0.2) is 0 Å². The van der Waals surface area contributed by atoms with Crippen LogP contribution in [0.4, 0.5) is 0 Å². The maximum Gasteiger partial charge on any atom is 0.142 e. The fraction of sp³-hybridized carbons (Fsp3) is 0.467. The molecule has 0 atom stereocenters. The van der Waals surface area contributed by atoms with E-state index in [0.717, 1.165) is 36.6 Å². The van der Waals surface area contributed by atoms with Crippen LogP contribution in [0.3, 0.4) is 0 Å². The summed E-state index contributed by atoms with van der Waals surface area (Å²) in [5.74, 6) is 0.862. The topological polar surface area (TPSA) is 52.0 Å². The molecule has 2 aromatic heterocycles. The van der Waals surface area contributed by atoms with Gasteiger partial charge in [0, 0.05) is 31.9 Å². The molecule has 0 amide bonds. The first-order chi connectivity index (χ1) is 9.69. The van der Waals surface area contributed by atoms with Crippen molar-refractivity contribution in [1.82, 2.24) is 20.1 Å². The predicted molar refractivity (Wildman–Crippen MR) is 78.8 cm³/mol. The molecule has 108 valence electrons. The van der Waals surface area contributed by atoms with Crippen molar-refractivity contribution in [1.29, 1.82) is 0 Å². The van der Waals surface area contributed by atoms with Crippen LogP contribution < -0.4 is 10.1 Å². The van der Waals surface area contributed by atoms with Crippen molar-refractivity contribution in [2.24, 2.45) is 7.05 Å². The van der Waals surface area contributed by atoms with E-state index >= 15 is 0 Å². The summed E-state index contributed by atoms with van der Waals surface area (Å²) < 4.78 is 7.67. The molecule has 0 radical (unpaired) electrons. The maximum absolute atomic E-state index is 5.86. The molecule has 0 aliphatic rings. The summed E-state index contributed by atoms with van der Waals surface area (Å²) in [6, 6.07) is 3.98. The molecule has 0 spiro atoms. The van der Waals surface area contributed by atoms with Gasteiger partial charge in [-0.3, -0.25) is 9.67 Å². The Morgan fingerprint density at radius 2 is 2.20 bits per heavy atom. The Kier molecular flexibility index (Phi) is 5.12. The van der Waals surface area contributed by atoms with E-state index in [4.69, 9.17) is 4.74 Å². The number of aryl methyl sites for hydroxylation is 2. The average Bonchev–Trinajstić information content (AvgIpc) is 2.84. The monoisotopic (exact) mass is 274 g/mol. The van der Waals surface area contributed by atoms with Gasteiger partial charge in [-0.1, -0.05) is 6.92 Å². The van der Waals surface area contributed by atoms with Crippen LogP contribution in [-0.4, -0.2) is 27.9 Å². The minimum Gasteiger partial charge on any atom is -0.491 e. The van der Waals surface area contributed by atoms with Gasteiger partial charge in [0.2, 0.25) is 0 Å². The Hall–Kier alpha value is -1.88. The fourth-order valence-electron chi connectivity index (χ4n) is 1.98. The van der Waals surface area contributed by atoms with Gasteiger partial charge in [-0.2, -0.15) is 5.10 Å². The molecule has 0 aliphatic carbocycles. The normalized spacial score (nSPS) is 10.8. The molecule has 2 aromatic rings. The minimum atomic E-state index is 0.634. The third kappa shape index (κ3) is 4.06. The molecule has 0 saturated heterocycles. The van der Waals surface area contributed by atoms with Crippen LogP contribution in [0.2, 0.25) is 0 Å². The maximum atomic E-state index is 5.86. The third-order valence-corrected chi connectivity index (χ3v) is 3.02. The number of ether oxygens (including phenoxy) is 1. The van der Waals surface area contributed by atoms with E-state index < -0.39 is 0 Å². The largest absolute Gasteiger partial charge is 0.491 e. The Bertz CT molecular complexity index is 551. The fourth-order valence-corrected chi connectivity index (χ4v) is 1.98. The lowest BCUT2D eigenvalue weighted by Gasteiger charge is -2.11. The van der Waals surface area contributed by atoms with E-state index in [2.05, 4.69) is 22.3 Å². The van der Waals surface area contributed by atoms with Crippen molar-refractivity contribution in [2.45, 2.75) is 26.8 Å². The molecule has 0 aromatic carbocycles. The Morgan fingerprint density at radius 3 is 2.90 bits per heavy atom. The number of nitrogens with zero attached hydrogens (tertiary/aromatic N) is 3. The van der Waals surface area contributed by atoms with E-state index in [9.17, 15) is 0 Å². The number of nitrogens with one attached hydrogen (secondary N) is 1. The van der Waals surface area contributed by atoms with Crippen LogP contribution in [0.1, 0.15) is 23.9 Å². The van der Waals surface area contributed by atoms with E-state index in [1.165, 1.54) is 5.56 Å². The molecule has 1 N–H and O–H groups in total. The van der Waals surface area contributed by atoms with Gasteiger partial charge in [0.05, 0.1) is 18.5 Å². The van der Waals surface area contributed by atoms with E-state index in [1.807, 2.05) is 38.5 Å². The first-order valence-electron chi connectivity index (χ1n) is 6.96. The number of rotatable bonds is 7. The first-order valence-corrected chi connectivity index (χ1v) is 6.96. The standard InChI is InChI=1S/C15H22N4O/c1-4-16-10-14-15(6-5-12(2)18-14)20-8-7-13-9-17-19(3)11-13/h5-6,9,11,16H,4,7-8,10H2,1-3H3. The predicted octanol–water partition coefficient (Wildman–Crippen LogP) is 1.85. The van der Waals surface area contributed by atoms with Gasteiger partial charge >= 0.3 is 0 Å². The number of aromatic nitrogens is 3. The highest BCUT2D eigenvalue weighted by Crippen LogP contribution is 2.17. The molecule has 0 saturated carbocycles. The second-order valence-electron chi connectivity index (χ2n) is 4.80. The molecular formula is C15H22N4O. The lowest BCUT2D eigenvalue weighted by molar-refractivity contribution is 0.315. The SMILES string of the molecule is CCNCc1nc(C)ccc1OCCc1cnn(C)c1. The molecule has 0 unspecified atom stereocenters. The van der Waals surface area contributed by atoms with Crippen molar-refractivity contribution in [2.75, 3.05) is 13.2 Å². The Balaban J connectivity index is 1.94. The van der Waals surface area contributed by atoms with Crippen LogP contribution in [0, 0.1) is 6.92 Å². The van der Waals surface area contributed by atoms with Gasteiger partial charge in [-0.25, -0.2) is 0 Å². The third-order valence-electron chi connectivity index (χ3n) is 3.02. The summed E-state index contributed by atoms with van der Waals surface area (Å²) in [7, 11) is 1.92. The van der Waals surface area contributed by atoms with Crippen LogP contribution in [0.5, 0.6) is 5.75 Å². The molecule has 0 bridgehead atoms.